The van der Waals surface area contributed by atoms with Gasteiger partial charge in [-0.1, -0.05) is 11.6 Å². The summed E-state index contributed by atoms with van der Waals surface area (Å²) < 4.78 is 5.12. The molecule has 0 bridgehead atoms. The largest absolute Gasteiger partial charge is 0.495 e. The second-order valence-corrected chi connectivity index (χ2v) is 4.25. The number of aromatic nitrogens is 2. The van der Waals surface area contributed by atoms with E-state index < -0.39 is 0 Å². The van der Waals surface area contributed by atoms with Gasteiger partial charge in [0.15, 0.2) is 0 Å². The number of aryl methyl sites for hydroxylation is 1. The van der Waals surface area contributed by atoms with E-state index in [4.69, 9.17) is 22.1 Å². The molecule has 0 unspecified atom stereocenters. The van der Waals surface area contributed by atoms with E-state index in [2.05, 4.69) is 9.97 Å². The summed E-state index contributed by atoms with van der Waals surface area (Å²) >= 11 is 6.10. The summed E-state index contributed by atoms with van der Waals surface area (Å²) in [5.41, 5.74) is 8.14. The van der Waals surface area contributed by atoms with Crippen LogP contribution in [-0.4, -0.2) is 17.1 Å². The van der Waals surface area contributed by atoms with Gasteiger partial charge in [-0.25, -0.2) is 9.97 Å². The zero-order chi connectivity index (χ0) is 13.1. The Morgan fingerprint density at radius 3 is 2.67 bits per heavy atom. The molecule has 0 saturated heterocycles. The quantitative estimate of drug-likeness (QED) is 0.925. The summed E-state index contributed by atoms with van der Waals surface area (Å²) in [7, 11) is 1.59. The van der Waals surface area contributed by atoms with E-state index in [9.17, 15) is 0 Å². The molecule has 2 rings (SSSR count). The maximum Gasteiger partial charge on any atom is 0.137 e. The first-order valence-electron chi connectivity index (χ1n) is 5.52. The number of hydrogen-bond donors (Lipinski definition) is 1. The van der Waals surface area contributed by atoms with Crippen LogP contribution in [0.15, 0.2) is 24.3 Å². The first-order valence-corrected chi connectivity index (χ1v) is 5.90. The Bertz CT molecular complexity index is 572. The van der Waals surface area contributed by atoms with Crippen LogP contribution in [0.2, 0.25) is 5.02 Å². The Morgan fingerprint density at radius 2 is 2.06 bits per heavy atom. The van der Waals surface area contributed by atoms with Crippen LogP contribution in [0.5, 0.6) is 5.75 Å². The van der Waals surface area contributed by atoms with Crippen molar-refractivity contribution >= 4 is 11.6 Å². The third kappa shape index (κ3) is 2.60. The number of ether oxygens (including phenoxy) is 1. The molecule has 0 radical (unpaired) electrons. The van der Waals surface area contributed by atoms with Crippen LogP contribution in [0.1, 0.15) is 11.5 Å². The summed E-state index contributed by atoms with van der Waals surface area (Å²) in [5, 5.41) is 0.556. The zero-order valence-electron chi connectivity index (χ0n) is 10.3. The van der Waals surface area contributed by atoms with Crippen LogP contribution in [0, 0.1) is 6.92 Å². The van der Waals surface area contributed by atoms with Gasteiger partial charge in [0.25, 0.3) is 0 Å². The van der Waals surface area contributed by atoms with Crippen molar-refractivity contribution in [3.05, 3.63) is 40.8 Å². The van der Waals surface area contributed by atoms with E-state index in [0.29, 0.717) is 23.1 Å². The standard InChI is InChI=1S/C13H14ClN3O/c1-8-16-10(7-15)6-12(17-8)9-3-4-13(18-2)11(14)5-9/h3-6H,7,15H2,1-2H3. The van der Waals surface area contributed by atoms with Crippen molar-refractivity contribution in [1.82, 2.24) is 9.97 Å². The lowest BCUT2D eigenvalue weighted by Gasteiger charge is -2.07. The highest BCUT2D eigenvalue weighted by atomic mass is 35.5. The van der Waals surface area contributed by atoms with Gasteiger partial charge in [-0.05, 0) is 31.2 Å². The summed E-state index contributed by atoms with van der Waals surface area (Å²) in [4.78, 5) is 8.62. The van der Waals surface area contributed by atoms with Crippen LogP contribution in [0.3, 0.4) is 0 Å². The fourth-order valence-electron chi connectivity index (χ4n) is 1.71. The van der Waals surface area contributed by atoms with Crippen molar-refractivity contribution < 1.29 is 4.74 Å². The van der Waals surface area contributed by atoms with Crippen molar-refractivity contribution in [2.24, 2.45) is 5.73 Å². The van der Waals surface area contributed by atoms with Crippen LogP contribution in [-0.2, 0) is 6.54 Å². The average Bonchev–Trinajstić information content (AvgIpc) is 2.37. The molecule has 0 saturated carbocycles. The Balaban J connectivity index is 2.48. The van der Waals surface area contributed by atoms with E-state index >= 15 is 0 Å². The third-order valence-corrected chi connectivity index (χ3v) is 2.84. The van der Waals surface area contributed by atoms with Crippen LogP contribution in [0.4, 0.5) is 0 Å². The lowest BCUT2D eigenvalue weighted by molar-refractivity contribution is 0.415. The van der Waals surface area contributed by atoms with E-state index in [-0.39, 0.29) is 0 Å². The first kappa shape index (κ1) is 12.8. The number of hydrogen-bond acceptors (Lipinski definition) is 4. The Labute approximate surface area is 111 Å². The van der Waals surface area contributed by atoms with Gasteiger partial charge in [0, 0.05) is 12.1 Å². The highest BCUT2D eigenvalue weighted by Crippen LogP contribution is 2.29. The molecule has 5 heteroatoms. The SMILES string of the molecule is COc1ccc(-c2cc(CN)nc(C)n2)cc1Cl. The van der Waals surface area contributed by atoms with Crippen molar-refractivity contribution in [2.45, 2.75) is 13.5 Å². The number of nitrogens with zero attached hydrogens (tertiary/aromatic N) is 2. The molecule has 0 aliphatic heterocycles. The Morgan fingerprint density at radius 1 is 1.28 bits per heavy atom. The topological polar surface area (TPSA) is 61.0 Å². The van der Waals surface area contributed by atoms with E-state index in [1.165, 1.54) is 0 Å². The fourth-order valence-corrected chi connectivity index (χ4v) is 1.97. The number of rotatable bonds is 3. The minimum Gasteiger partial charge on any atom is -0.495 e. The normalized spacial score (nSPS) is 10.4. The summed E-state index contributed by atoms with van der Waals surface area (Å²) in [5.74, 6) is 1.34. The van der Waals surface area contributed by atoms with Gasteiger partial charge >= 0.3 is 0 Å². The predicted octanol–water partition coefficient (Wildman–Crippen LogP) is 2.57. The second-order valence-electron chi connectivity index (χ2n) is 3.85. The molecule has 4 nitrogen and oxygen atoms in total. The minimum atomic E-state index is 0.389. The highest BCUT2D eigenvalue weighted by molar-refractivity contribution is 6.32. The predicted molar refractivity (Wildman–Crippen MR) is 71.7 cm³/mol. The Kier molecular flexibility index (Phi) is 3.79. The highest BCUT2D eigenvalue weighted by Gasteiger charge is 2.07. The molecule has 1 aromatic carbocycles. The molecule has 2 aromatic rings. The van der Waals surface area contributed by atoms with Gasteiger partial charge in [-0.3, -0.25) is 0 Å². The van der Waals surface area contributed by atoms with E-state index in [1.54, 1.807) is 7.11 Å². The molecule has 0 atom stereocenters. The maximum atomic E-state index is 6.10. The minimum absolute atomic E-state index is 0.389. The van der Waals surface area contributed by atoms with Gasteiger partial charge in [0.1, 0.15) is 11.6 Å². The first-order chi connectivity index (χ1) is 8.63. The van der Waals surface area contributed by atoms with Gasteiger partial charge < -0.3 is 10.5 Å². The Hall–Kier alpha value is -1.65. The molecular formula is C13H14ClN3O. The molecule has 0 spiro atoms. The van der Waals surface area contributed by atoms with Crippen molar-refractivity contribution in [1.29, 1.82) is 0 Å². The average molecular weight is 264 g/mol. The molecule has 0 amide bonds. The number of halogens is 1. The summed E-state index contributed by atoms with van der Waals surface area (Å²) in [6, 6.07) is 7.41. The monoisotopic (exact) mass is 263 g/mol. The molecule has 0 fully saturated rings. The smallest absolute Gasteiger partial charge is 0.137 e. The molecule has 0 aliphatic carbocycles. The molecule has 1 heterocycles. The van der Waals surface area contributed by atoms with Gasteiger partial charge in [0.2, 0.25) is 0 Å². The molecule has 94 valence electrons. The van der Waals surface area contributed by atoms with Crippen molar-refractivity contribution in [3.63, 3.8) is 0 Å². The van der Waals surface area contributed by atoms with E-state index in [1.807, 2.05) is 31.2 Å². The van der Waals surface area contributed by atoms with Crippen molar-refractivity contribution in [3.8, 4) is 17.0 Å². The lowest BCUT2D eigenvalue weighted by Crippen LogP contribution is -2.03. The van der Waals surface area contributed by atoms with Crippen LogP contribution >= 0.6 is 11.6 Å². The molecule has 18 heavy (non-hydrogen) atoms. The zero-order valence-corrected chi connectivity index (χ0v) is 11.0. The number of benzene rings is 1. The lowest BCUT2D eigenvalue weighted by atomic mass is 10.1. The van der Waals surface area contributed by atoms with Gasteiger partial charge in [0.05, 0.1) is 23.5 Å². The second kappa shape index (κ2) is 5.33. The van der Waals surface area contributed by atoms with Crippen LogP contribution < -0.4 is 10.5 Å². The van der Waals surface area contributed by atoms with Crippen molar-refractivity contribution in [2.75, 3.05) is 7.11 Å². The number of methoxy groups -OCH3 is 1. The molecule has 2 N–H and O–H groups in total. The van der Waals surface area contributed by atoms with Gasteiger partial charge in [-0.2, -0.15) is 0 Å². The molecule has 0 aliphatic rings. The third-order valence-electron chi connectivity index (χ3n) is 2.55. The number of nitrogens with two attached hydrogens (primary N) is 1. The van der Waals surface area contributed by atoms with Gasteiger partial charge in [-0.15, -0.1) is 0 Å². The molecular weight excluding hydrogens is 250 g/mol. The maximum absolute atomic E-state index is 6.10. The summed E-state index contributed by atoms with van der Waals surface area (Å²) in [6.07, 6.45) is 0. The summed E-state index contributed by atoms with van der Waals surface area (Å²) in [6.45, 7) is 2.23. The fraction of sp³-hybridized carbons (Fsp3) is 0.231. The van der Waals surface area contributed by atoms with E-state index in [0.717, 1.165) is 17.0 Å². The molecule has 1 aromatic heterocycles. The van der Waals surface area contributed by atoms with Crippen LogP contribution in [0.25, 0.3) is 11.3 Å².